The lowest BCUT2D eigenvalue weighted by Gasteiger charge is -2.50. The molecule has 0 spiro atoms. The number of carboxylic acids is 1. The number of nitrogens with zero attached hydrogens (tertiary/aromatic N) is 2. The molecule has 2 saturated heterocycles. The molecule has 2 aromatic carbocycles. The molecule has 9 nitrogen and oxygen atoms in total. The Morgan fingerprint density at radius 2 is 1.71 bits per heavy atom. The highest BCUT2D eigenvalue weighted by molar-refractivity contribution is 6.53. The van der Waals surface area contributed by atoms with Gasteiger partial charge in [0.2, 0.25) is 11.8 Å². The lowest BCUT2D eigenvalue weighted by molar-refractivity contribution is -0.141. The summed E-state index contributed by atoms with van der Waals surface area (Å²) in [6.45, 7) is 0.173. The van der Waals surface area contributed by atoms with E-state index in [9.17, 15) is 29.1 Å². The molecule has 42 heavy (non-hydrogen) atoms. The number of aromatic hydroxyl groups is 1. The van der Waals surface area contributed by atoms with E-state index in [0.29, 0.717) is 35.8 Å². The van der Waals surface area contributed by atoms with Crippen LogP contribution < -0.4 is 0 Å². The second-order valence-electron chi connectivity index (χ2n) is 11.8. The summed E-state index contributed by atoms with van der Waals surface area (Å²) >= 11 is 14.4. The first kappa shape index (κ1) is 28.7. The van der Waals surface area contributed by atoms with E-state index < -0.39 is 51.2 Å². The molecule has 0 bridgehead atoms. The fourth-order valence-corrected chi connectivity index (χ4v) is 8.61. The Hall–Kier alpha value is -3.43. The number of hydrogen-bond donors (Lipinski definition) is 2. The predicted molar refractivity (Wildman–Crippen MR) is 154 cm³/mol. The molecule has 4 aliphatic rings. The first-order valence-electron chi connectivity index (χ1n) is 14.1. The largest absolute Gasteiger partial charge is 0.507 e. The number of carbonyl (C=O) groups is 5. The highest BCUT2D eigenvalue weighted by atomic mass is 35.5. The van der Waals surface area contributed by atoms with Crippen molar-refractivity contribution in [2.24, 2.45) is 17.8 Å². The third kappa shape index (κ3) is 3.85. The average molecular weight is 613 g/mol. The first-order valence-corrected chi connectivity index (χ1v) is 14.9. The van der Waals surface area contributed by atoms with Crippen LogP contribution in [0.5, 0.6) is 5.75 Å². The fourth-order valence-electron chi connectivity index (χ4n) is 7.60. The highest BCUT2D eigenvalue weighted by Gasteiger charge is 2.76. The van der Waals surface area contributed by atoms with Gasteiger partial charge in [-0.25, -0.2) is 0 Å². The second kappa shape index (κ2) is 10.1. The molecule has 3 fully saturated rings. The molecule has 2 aliphatic heterocycles. The van der Waals surface area contributed by atoms with Crippen molar-refractivity contribution in [3.8, 4) is 5.75 Å². The van der Waals surface area contributed by atoms with Gasteiger partial charge in [-0.05, 0) is 37.0 Å². The molecule has 0 radical (unpaired) electrons. The Labute approximate surface area is 252 Å². The zero-order valence-electron chi connectivity index (χ0n) is 22.9. The van der Waals surface area contributed by atoms with Gasteiger partial charge < -0.3 is 10.2 Å². The van der Waals surface area contributed by atoms with Crippen molar-refractivity contribution in [3.05, 3.63) is 53.6 Å². The summed E-state index contributed by atoms with van der Waals surface area (Å²) in [7, 11) is 1.33. The Bertz CT molecular complexity index is 1590. The van der Waals surface area contributed by atoms with E-state index in [0.717, 1.165) is 10.3 Å². The van der Waals surface area contributed by atoms with Crippen molar-refractivity contribution >= 4 is 63.6 Å². The van der Waals surface area contributed by atoms with Crippen LogP contribution in [0.15, 0.2) is 48.0 Å². The quantitative estimate of drug-likeness (QED) is 0.207. The topological polar surface area (TPSA) is 132 Å². The van der Waals surface area contributed by atoms with E-state index in [4.69, 9.17) is 28.3 Å². The average Bonchev–Trinajstić information content (AvgIpc) is 3.28. The van der Waals surface area contributed by atoms with Crippen molar-refractivity contribution in [3.63, 3.8) is 0 Å². The van der Waals surface area contributed by atoms with Gasteiger partial charge in [-0.15, -0.1) is 23.2 Å². The number of phenols is 1. The zero-order valence-corrected chi connectivity index (χ0v) is 24.4. The van der Waals surface area contributed by atoms with Gasteiger partial charge in [0, 0.05) is 36.9 Å². The molecule has 11 heteroatoms. The number of imide groups is 2. The SMILES string of the molecule is CN1C(=O)C2(Cl)CC3C(=CCC4C(=O)N(CCCCCC(=O)O)C(=O)C43)C(c3ccc4ccccc4c3O)C2(Cl)C1=O. The number of amides is 4. The maximum Gasteiger partial charge on any atom is 0.303 e. The number of carboxylic acid groups (broad SMARTS) is 1. The van der Waals surface area contributed by atoms with Crippen LogP contribution >= 0.6 is 23.2 Å². The van der Waals surface area contributed by atoms with Gasteiger partial charge >= 0.3 is 5.97 Å². The predicted octanol–water partition coefficient (Wildman–Crippen LogP) is 4.18. The molecule has 2 heterocycles. The summed E-state index contributed by atoms with van der Waals surface area (Å²) in [6, 6.07) is 10.7. The minimum absolute atomic E-state index is 0.0185. The van der Waals surface area contributed by atoms with E-state index in [1.165, 1.54) is 11.9 Å². The van der Waals surface area contributed by atoms with Crippen LogP contribution in [0.25, 0.3) is 10.8 Å². The smallest absolute Gasteiger partial charge is 0.303 e. The highest BCUT2D eigenvalue weighted by Crippen LogP contribution is 2.66. The molecule has 6 atom stereocenters. The van der Waals surface area contributed by atoms with Crippen LogP contribution in [-0.2, 0) is 24.0 Å². The monoisotopic (exact) mass is 612 g/mol. The van der Waals surface area contributed by atoms with Crippen molar-refractivity contribution in [2.45, 2.75) is 54.2 Å². The van der Waals surface area contributed by atoms with Gasteiger partial charge in [0.05, 0.1) is 11.8 Å². The van der Waals surface area contributed by atoms with E-state index in [1.54, 1.807) is 24.3 Å². The maximum absolute atomic E-state index is 13.8. The van der Waals surface area contributed by atoms with E-state index in [-0.39, 0.29) is 43.4 Å². The summed E-state index contributed by atoms with van der Waals surface area (Å²) in [5.74, 6) is -6.16. The van der Waals surface area contributed by atoms with E-state index in [2.05, 4.69) is 0 Å². The Morgan fingerprint density at radius 1 is 0.976 bits per heavy atom. The van der Waals surface area contributed by atoms with Crippen LogP contribution in [0.1, 0.15) is 50.0 Å². The van der Waals surface area contributed by atoms with Gasteiger partial charge in [0.1, 0.15) is 5.75 Å². The maximum atomic E-state index is 13.8. The molecule has 0 aromatic heterocycles. The van der Waals surface area contributed by atoms with Crippen LogP contribution in [0.2, 0.25) is 0 Å². The van der Waals surface area contributed by atoms with Crippen molar-refractivity contribution in [2.75, 3.05) is 13.6 Å². The molecule has 6 unspecified atom stereocenters. The van der Waals surface area contributed by atoms with Crippen molar-refractivity contribution < 1.29 is 34.2 Å². The van der Waals surface area contributed by atoms with Crippen LogP contribution in [0.4, 0.5) is 0 Å². The number of fused-ring (bicyclic) bond motifs is 5. The summed E-state index contributed by atoms with van der Waals surface area (Å²) in [5, 5.41) is 21.7. The first-order chi connectivity index (χ1) is 19.9. The molecule has 2 aromatic rings. The zero-order chi connectivity index (χ0) is 30.1. The number of allylic oxidation sites excluding steroid dienone is 2. The number of unbranched alkanes of at least 4 members (excludes halogenated alkanes) is 2. The number of hydrogen-bond acceptors (Lipinski definition) is 6. The van der Waals surface area contributed by atoms with Crippen molar-refractivity contribution in [1.82, 2.24) is 9.80 Å². The van der Waals surface area contributed by atoms with Gasteiger partial charge in [0.15, 0.2) is 9.75 Å². The number of rotatable bonds is 7. The molecule has 1 saturated carbocycles. The summed E-state index contributed by atoms with van der Waals surface area (Å²) in [6.07, 6.45) is 3.45. The normalized spacial score (nSPS) is 32.2. The molecule has 220 valence electrons. The molecule has 6 rings (SSSR count). The summed E-state index contributed by atoms with van der Waals surface area (Å²) in [5.41, 5.74) is 0.945. The molecular weight excluding hydrogens is 583 g/mol. The number of benzene rings is 2. The minimum Gasteiger partial charge on any atom is -0.507 e. The Morgan fingerprint density at radius 3 is 2.45 bits per heavy atom. The third-order valence-electron chi connectivity index (χ3n) is 9.62. The number of aliphatic carboxylic acids is 1. The standard InChI is InChI=1S/C31H30Cl2N2O7/c1-34-28(41)30(32)15-21-18(12-13-19-23(21)27(40)35(26(19)39)14-6-2-3-9-22(36)37)24(31(30,33)29(34)42)20-11-10-16-7-4-5-8-17(16)25(20)38/h4-5,7-8,10-12,19,21,23-24,38H,2-3,6,9,13-15H2,1H3,(H,36,37). The Balaban J connectivity index is 1.42. The summed E-state index contributed by atoms with van der Waals surface area (Å²) in [4.78, 5) is 63.7. The van der Waals surface area contributed by atoms with Gasteiger partial charge in [-0.1, -0.05) is 54.5 Å². The Kier molecular flexibility index (Phi) is 6.89. The minimum atomic E-state index is -1.97. The van der Waals surface area contributed by atoms with Gasteiger partial charge in [0.25, 0.3) is 11.8 Å². The third-order valence-corrected chi connectivity index (χ3v) is 11.0. The molecular formula is C31H30Cl2N2O7. The number of halogens is 2. The summed E-state index contributed by atoms with van der Waals surface area (Å²) < 4.78 is 0. The van der Waals surface area contributed by atoms with E-state index in [1.807, 2.05) is 18.2 Å². The van der Waals surface area contributed by atoms with Crippen LogP contribution in [0, 0.1) is 17.8 Å². The van der Waals surface area contributed by atoms with Crippen LogP contribution in [-0.4, -0.2) is 73.0 Å². The lowest BCUT2D eigenvalue weighted by atomic mass is 9.56. The molecule has 2 N–H and O–H groups in total. The van der Waals surface area contributed by atoms with Gasteiger partial charge in [-0.3, -0.25) is 33.8 Å². The van der Waals surface area contributed by atoms with E-state index >= 15 is 0 Å². The fraction of sp³-hybridized carbons (Fsp3) is 0.452. The van der Waals surface area contributed by atoms with Gasteiger partial charge in [-0.2, -0.15) is 0 Å². The number of phenolic OH excluding ortho intramolecular Hbond substituents is 1. The second-order valence-corrected chi connectivity index (χ2v) is 13.0. The molecule has 4 amide bonds. The van der Waals surface area contributed by atoms with Crippen molar-refractivity contribution in [1.29, 1.82) is 0 Å². The number of carbonyl (C=O) groups excluding carboxylic acids is 4. The molecule has 2 aliphatic carbocycles. The number of alkyl halides is 2. The lowest BCUT2D eigenvalue weighted by Crippen LogP contribution is -2.60. The van der Waals surface area contributed by atoms with Crippen LogP contribution in [0.3, 0.4) is 0 Å². The number of likely N-dealkylation sites (tertiary alicyclic amines) is 2.